The highest BCUT2D eigenvalue weighted by Crippen LogP contribution is 2.31. The summed E-state index contributed by atoms with van der Waals surface area (Å²) in [5.74, 6) is -0.0762. The van der Waals surface area contributed by atoms with Gasteiger partial charge in [0.25, 0.3) is 0 Å². The number of amides is 1. The van der Waals surface area contributed by atoms with Gasteiger partial charge in [-0.1, -0.05) is 31.2 Å². The third kappa shape index (κ3) is 2.40. The second kappa shape index (κ2) is 4.84. The van der Waals surface area contributed by atoms with E-state index in [0.29, 0.717) is 0 Å². The standard InChI is InChI=1S/C15H20N2O/c1-4-15(2)10-11-7-5-6-8-12(11)13(17-15)9-14(18)16-3/h5-9,17H,4,10H2,1-3H3,(H,16,18)/t15-/m0/s1. The second-order valence-corrected chi connectivity index (χ2v) is 5.05. The van der Waals surface area contributed by atoms with Crippen molar-refractivity contribution < 1.29 is 4.79 Å². The molecule has 1 atom stereocenters. The fourth-order valence-corrected chi connectivity index (χ4v) is 2.32. The van der Waals surface area contributed by atoms with Gasteiger partial charge in [-0.3, -0.25) is 4.79 Å². The predicted octanol–water partition coefficient (Wildman–Crippen LogP) is 2.09. The van der Waals surface area contributed by atoms with Gasteiger partial charge in [0.15, 0.2) is 0 Å². The summed E-state index contributed by atoms with van der Waals surface area (Å²) in [7, 11) is 1.65. The van der Waals surface area contributed by atoms with Crippen LogP contribution in [0, 0.1) is 0 Å². The maximum Gasteiger partial charge on any atom is 0.245 e. The van der Waals surface area contributed by atoms with Gasteiger partial charge in [0.1, 0.15) is 0 Å². The summed E-state index contributed by atoms with van der Waals surface area (Å²) in [6.45, 7) is 4.36. The molecular formula is C15H20N2O. The van der Waals surface area contributed by atoms with E-state index in [1.807, 2.05) is 6.07 Å². The first-order chi connectivity index (χ1) is 8.58. The van der Waals surface area contributed by atoms with Crippen LogP contribution in [0.15, 0.2) is 30.3 Å². The lowest BCUT2D eigenvalue weighted by atomic mass is 9.83. The maximum absolute atomic E-state index is 11.6. The smallest absolute Gasteiger partial charge is 0.245 e. The molecule has 1 heterocycles. The summed E-state index contributed by atoms with van der Waals surface area (Å²) in [6.07, 6.45) is 3.66. The molecule has 0 aromatic heterocycles. The fourth-order valence-electron chi connectivity index (χ4n) is 2.32. The number of benzene rings is 1. The minimum absolute atomic E-state index is 0.0220. The topological polar surface area (TPSA) is 41.1 Å². The molecule has 2 N–H and O–H groups in total. The first kappa shape index (κ1) is 12.7. The van der Waals surface area contributed by atoms with Crippen LogP contribution in [0.1, 0.15) is 31.4 Å². The predicted molar refractivity (Wildman–Crippen MR) is 74.0 cm³/mol. The minimum atomic E-state index is -0.0762. The Kier molecular flexibility index (Phi) is 3.41. The van der Waals surface area contributed by atoms with Crippen LogP contribution in [0.5, 0.6) is 0 Å². The van der Waals surface area contributed by atoms with Crippen molar-refractivity contribution in [1.82, 2.24) is 10.6 Å². The monoisotopic (exact) mass is 244 g/mol. The van der Waals surface area contributed by atoms with Crippen molar-refractivity contribution >= 4 is 11.6 Å². The van der Waals surface area contributed by atoms with E-state index >= 15 is 0 Å². The molecule has 0 radical (unpaired) electrons. The molecule has 0 fully saturated rings. The highest BCUT2D eigenvalue weighted by Gasteiger charge is 2.30. The van der Waals surface area contributed by atoms with E-state index < -0.39 is 0 Å². The number of carbonyl (C=O) groups is 1. The Labute approximate surface area is 108 Å². The fraction of sp³-hybridized carbons (Fsp3) is 0.400. The lowest BCUT2D eigenvalue weighted by Crippen LogP contribution is -2.46. The molecule has 2 rings (SSSR count). The van der Waals surface area contributed by atoms with Crippen LogP contribution in [0.2, 0.25) is 0 Å². The van der Waals surface area contributed by atoms with Crippen LogP contribution in [0.4, 0.5) is 0 Å². The largest absolute Gasteiger partial charge is 0.379 e. The lowest BCUT2D eigenvalue weighted by molar-refractivity contribution is -0.116. The van der Waals surface area contributed by atoms with Crippen molar-refractivity contribution in [2.24, 2.45) is 0 Å². The molecule has 18 heavy (non-hydrogen) atoms. The van der Waals surface area contributed by atoms with Gasteiger partial charge in [-0.25, -0.2) is 0 Å². The molecule has 96 valence electrons. The number of hydrogen-bond acceptors (Lipinski definition) is 2. The van der Waals surface area contributed by atoms with Crippen LogP contribution in [0.25, 0.3) is 5.70 Å². The second-order valence-electron chi connectivity index (χ2n) is 5.05. The summed E-state index contributed by atoms with van der Waals surface area (Å²) in [5, 5.41) is 6.13. The molecule has 0 saturated heterocycles. The molecule has 0 unspecified atom stereocenters. The third-order valence-corrected chi connectivity index (χ3v) is 3.63. The van der Waals surface area contributed by atoms with Crippen molar-refractivity contribution in [3.05, 3.63) is 41.5 Å². The summed E-state index contributed by atoms with van der Waals surface area (Å²) in [4.78, 5) is 11.6. The zero-order valence-corrected chi connectivity index (χ0v) is 11.2. The average Bonchev–Trinajstić information content (AvgIpc) is 2.38. The first-order valence-electron chi connectivity index (χ1n) is 6.38. The zero-order valence-electron chi connectivity index (χ0n) is 11.2. The molecule has 1 aromatic carbocycles. The highest BCUT2D eigenvalue weighted by molar-refractivity contribution is 5.95. The molecular weight excluding hydrogens is 224 g/mol. The van der Waals surface area contributed by atoms with Gasteiger partial charge in [-0.15, -0.1) is 0 Å². The Morgan fingerprint density at radius 3 is 2.89 bits per heavy atom. The minimum Gasteiger partial charge on any atom is -0.379 e. The third-order valence-electron chi connectivity index (χ3n) is 3.63. The SMILES string of the molecule is CC[C@@]1(C)Cc2ccccc2C(=CC(=O)NC)N1. The van der Waals surface area contributed by atoms with Gasteiger partial charge in [0.05, 0.1) is 0 Å². The van der Waals surface area contributed by atoms with Crippen LogP contribution < -0.4 is 10.6 Å². The molecule has 3 nitrogen and oxygen atoms in total. The van der Waals surface area contributed by atoms with E-state index in [0.717, 1.165) is 24.1 Å². The Morgan fingerprint density at radius 2 is 2.22 bits per heavy atom. The van der Waals surface area contributed by atoms with Gasteiger partial charge in [-0.2, -0.15) is 0 Å². The number of likely N-dealkylation sites (N-methyl/N-ethyl adjacent to an activating group) is 1. The molecule has 0 saturated carbocycles. The van der Waals surface area contributed by atoms with Gasteiger partial charge >= 0.3 is 0 Å². The van der Waals surface area contributed by atoms with Crippen LogP contribution in [0.3, 0.4) is 0 Å². The maximum atomic E-state index is 11.6. The summed E-state index contributed by atoms with van der Waals surface area (Å²) in [6, 6.07) is 8.26. The molecule has 0 spiro atoms. The zero-order chi connectivity index (χ0) is 13.2. The van der Waals surface area contributed by atoms with Crippen LogP contribution in [-0.2, 0) is 11.2 Å². The normalized spacial score (nSPS) is 24.3. The number of nitrogens with one attached hydrogen (secondary N) is 2. The van der Waals surface area contributed by atoms with Crippen molar-refractivity contribution in [2.75, 3.05) is 7.05 Å². The number of fused-ring (bicyclic) bond motifs is 1. The lowest BCUT2D eigenvalue weighted by Gasteiger charge is -2.38. The highest BCUT2D eigenvalue weighted by atomic mass is 16.1. The van der Waals surface area contributed by atoms with E-state index in [1.54, 1.807) is 13.1 Å². The molecule has 3 heteroatoms. The summed E-state index contributed by atoms with van der Waals surface area (Å²) >= 11 is 0. The Bertz CT molecular complexity index is 493. The first-order valence-corrected chi connectivity index (χ1v) is 6.38. The molecule has 1 aliphatic rings. The molecule has 1 aromatic rings. The van der Waals surface area contributed by atoms with E-state index in [1.165, 1.54) is 5.56 Å². The van der Waals surface area contributed by atoms with Gasteiger partial charge in [0, 0.05) is 29.9 Å². The Morgan fingerprint density at radius 1 is 1.50 bits per heavy atom. The Hall–Kier alpha value is -1.77. The van der Waals surface area contributed by atoms with E-state index in [9.17, 15) is 4.79 Å². The van der Waals surface area contributed by atoms with E-state index in [-0.39, 0.29) is 11.4 Å². The molecule has 0 bridgehead atoms. The van der Waals surface area contributed by atoms with E-state index in [4.69, 9.17) is 0 Å². The van der Waals surface area contributed by atoms with E-state index in [2.05, 4.69) is 42.7 Å². The average molecular weight is 244 g/mol. The van der Waals surface area contributed by atoms with Crippen molar-refractivity contribution in [3.8, 4) is 0 Å². The quantitative estimate of drug-likeness (QED) is 0.782. The number of rotatable bonds is 2. The van der Waals surface area contributed by atoms with Gasteiger partial charge < -0.3 is 10.6 Å². The Balaban J connectivity index is 2.46. The summed E-state index contributed by atoms with van der Waals surface area (Å²) in [5.41, 5.74) is 3.37. The van der Waals surface area contributed by atoms with Gasteiger partial charge in [0.2, 0.25) is 5.91 Å². The van der Waals surface area contributed by atoms with Gasteiger partial charge in [-0.05, 0) is 25.3 Å². The molecule has 1 amide bonds. The number of hydrogen-bond donors (Lipinski definition) is 2. The number of carbonyl (C=O) groups excluding carboxylic acids is 1. The molecule has 0 aliphatic carbocycles. The van der Waals surface area contributed by atoms with Crippen LogP contribution >= 0.6 is 0 Å². The van der Waals surface area contributed by atoms with Crippen molar-refractivity contribution in [3.63, 3.8) is 0 Å². The van der Waals surface area contributed by atoms with Crippen molar-refractivity contribution in [1.29, 1.82) is 0 Å². The molecule has 1 aliphatic heterocycles. The van der Waals surface area contributed by atoms with Crippen molar-refractivity contribution in [2.45, 2.75) is 32.2 Å². The summed E-state index contributed by atoms with van der Waals surface area (Å²) < 4.78 is 0. The van der Waals surface area contributed by atoms with Crippen LogP contribution in [-0.4, -0.2) is 18.5 Å².